The summed E-state index contributed by atoms with van der Waals surface area (Å²) < 4.78 is 1.88. The number of amides is 1. The van der Waals surface area contributed by atoms with Gasteiger partial charge in [0.25, 0.3) is 5.91 Å². The molecule has 0 fully saturated rings. The zero-order valence-corrected chi connectivity index (χ0v) is 13.1. The van der Waals surface area contributed by atoms with Crippen molar-refractivity contribution in [3.05, 3.63) is 46.7 Å². The van der Waals surface area contributed by atoms with Crippen LogP contribution in [-0.2, 0) is 6.54 Å². The molecule has 0 radical (unpaired) electrons. The molecule has 0 aliphatic carbocycles. The highest BCUT2D eigenvalue weighted by atomic mass is 35.5. The van der Waals surface area contributed by atoms with Gasteiger partial charge in [-0.25, -0.2) is 0 Å². The Hall–Kier alpha value is -2.01. The van der Waals surface area contributed by atoms with Crippen LogP contribution in [0.2, 0.25) is 5.02 Å². The Morgan fingerprint density at radius 1 is 1.48 bits per heavy atom. The van der Waals surface area contributed by atoms with Gasteiger partial charge in [-0.15, -0.1) is 0 Å². The molecule has 1 amide bonds. The van der Waals surface area contributed by atoms with Gasteiger partial charge in [0.15, 0.2) is 0 Å². The highest BCUT2D eigenvalue weighted by Crippen LogP contribution is 2.24. The number of carbonyl (C=O) groups is 1. The Morgan fingerprint density at radius 2 is 2.24 bits per heavy atom. The second-order valence-corrected chi connectivity index (χ2v) is 5.18. The summed E-state index contributed by atoms with van der Waals surface area (Å²) in [4.78, 5) is 11.7. The third kappa shape index (κ3) is 3.55. The van der Waals surface area contributed by atoms with E-state index in [9.17, 15) is 4.79 Å². The molecule has 1 aromatic heterocycles. The van der Waals surface area contributed by atoms with Crippen molar-refractivity contribution in [2.75, 3.05) is 12.4 Å². The molecule has 21 heavy (non-hydrogen) atoms. The first-order valence-electron chi connectivity index (χ1n) is 6.85. The monoisotopic (exact) mass is 306 g/mol. The molecule has 0 aliphatic heterocycles. The van der Waals surface area contributed by atoms with Crippen molar-refractivity contribution in [1.82, 2.24) is 15.1 Å². The highest BCUT2D eigenvalue weighted by molar-refractivity contribution is 6.34. The van der Waals surface area contributed by atoms with Crippen LogP contribution >= 0.6 is 11.6 Å². The molecule has 1 aromatic carbocycles. The first-order valence-corrected chi connectivity index (χ1v) is 7.23. The Morgan fingerprint density at radius 3 is 2.86 bits per heavy atom. The summed E-state index contributed by atoms with van der Waals surface area (Å²) in [6.45, 7) is 4.93. The van der Waals surface area contributed by atoms with Gasteiger partial charge in [-0.05, 0) is 32.0 Å². The molecular weight excluding hydrogens is 288 g/mol. The maximum Gasteiger partial charge on any atom is 0.252 e. The zero-order chi connectivity index (χ0) is 15.4. The van der Waals surface area contributed by atoms with Crippen LogP contribution < -0.4 is 10.6 Å². The smallest absolute Gasteiger partial charge is 0.252 e. The maximum absolute atomic E-state index is 11.7. The summed E-state index contributed by atoms with van der Waals surface area (Å²) in [6.07, 6.45) is 3.85. The van der Waals surface area contributed by atoms with Crippen molar-refractivity contribution in [3.8, 4) is 0 Å². The van der Waals surface area contributed by atoms with Gasteiger partial charge in [0.05, 0.1) is 22.8 Å². The molecule has 0 spiro atoms. The number of nitrogens with zero attached hydrogens (tertiary/aromatic N) is 2. The van der Waals surface area contributed by atoms with E-state index >= 15 is 0 Å². The number of aryl methyl sites for hydroxylation is 1. The van der Waals surface area contributed by atoms with Crippen LogP contribution in [0.15, 0.2) is 30.6 Å². The van der Waals surface area contributed by atoms with E-state index in [2.05, 4.69) is 15.7 Å². The van der Waals surface area contributed by atoms with Crippen LogP contribution in [0.1, 0.15) is 35.8 Å². The lowest BCUT2D eigenvalue weighted by Gasteiger charge is -2.15. The van der Waals surface area contributed by atoms with E-state index < -0.39 is 0 Å². The third-order valence-electron chi connectivity index (χ3n) is 3.30. The molecule has 2 aromatic rings. The van der Waals surface area contributed by atoms with Gasteiger partial charge in [-0.3, -0.25) is 9.48 Å². The molecule has 5 nitrogen and oxygen atoms in total. The lowest BCUT2D eigenvalue weighted by Crippen LogP contribution is -2.18. The Bertz CT molecular complexity index is 638. The van der Waals surface area contributed by atoms with E-state index in [0.29, 0.717) is 10.6 Å². The molecule has 0 aliphatic rings. The Labute approximate surface area is 129 Å². The topological polar surface area (TPSA) is 59.0 Å². The average Bonchev–Trinajstić information content (AvgIpc) is 2.97. The number of hydrogen-bond donors (Lipinski definition) is 2. The highest BCUT2D eigenvalue weighted by Gasteiger charge is 2.12. The quantitative estimate of drug-likeness (QED) is 0.892. The van der Waals surface area contributed by atoms with E-state index in [1.54, 1.807) is 19.2 Å². The van der Waals surface area contributed by atoms with Gasteiger partial charge in [-0.2, -0.15) is 5.10 Å². The minimum atomic E-state index is -0.199. The first-order chi connectivity index (χ1) is 10.0. The fourth-order valence-corrected chi connectivity index (χ4v) is 2.24. The summed E-state index contributed by atoms with van der Waals surface area (Å²) in [6, 6.07) is 5.41. The van der Waals surface area contributed by atoms with Gasteiger partial charge >= 0.3 is 0 Å². The maximum atomic E-state index is 11.7. The Kier molecular flexibility index (Phi) is 4.85. The predicted molar refractivity (Wildman–Crippen MR) is 84.8 cm³/mol. The number of carbonyl (C=O) groups excluding carboxylic acids is 1. The van der Waals surface area contributed by atoms with Crippen molar-refractivity contribution in [3.63, 3.8) is 0 Å². The first kappa shape index (κ1) is 15.4. The van der Waals surface area contributed by atoms with Crippen LogP contribution in [0.25, 0.3) is 0 Å². The summed E-state index contributed by atoms with van der Waals surface area (Å²) in [7, 11) is 1.58. The molecule has 1 unspecified atom stereocenters. The minimum Gasteiger partial charge on any atom is -0.378 e. The summed E-state index contributed by atoms with van der Waals surface area (Å²) in [5.74, 6) is -0.199. The van der Waals surface area contributed by atoms with Crippen LogP contribution in [0.5, 0.6) is 0 Å². The molecule has 2 N–H and O–H groups in total. The summed E-state index contributed by atoms with van der Waals surface area (Å²) >= 11 is 6.04. The molecule has 112 valence electrons. The zero-order valence-electron chi connectivity index (χ0n) is 12.4. The van der Waals surface area contributed by atoms with Crippen LogP contribution in [-0.4, -0.2) is 22.7 Å². The third-order valence-corrected chi connectivity index (χ3v) is 3.63. The van der Waals surface area contributed by atoms with Crippen LogP contribution in [0, 0.1) is 0 Å². The fourth-order valence-electron chi connectivity index (χ4n) is 2.03. The number of anilines is 1. The van der Waals surface area contributed by atoms with Gasteiger partial charge in [0.1, 0.15) is 0 Å². The normalized spacial score (nSPS) is 12.0. The van der Waals surface area contributed by atoms with Crippen molar-refractivity contribution in [1.29, 1.82) is 0 Å². The van der Waals surface area contributed by atoms with Gasteiger partial charge in [0.2, 0.25) is 0 Å². The molecule has 0 saturated heterocycles. The van der Waals surface area contributed by atoms with Crippen molar-refractivity contribution < 1.29 is 4.79 Å². The van der Waals surface area contributed by atoms with E-state index in [-0.39, 0.29) is 11.9 Å². The average molecular weight is 307 g/mol. The second-order valence-electron chi connectivity index (χ2n) is 4.77. The molecule has 1 heterocycles. The molecule has 0 bridgehead atoms. The van der Waals surface area contributed by atoms with Gasteiger partial charge < -0.3 is 10.6 Å². The predicted octanol–water partition coefficient (Wildman–Crippen LogP) is 3.09. The number of nitrogens with one attached hydrogen (secondary N) is 2. The molecule has 1 atom stereocenters. The number of aromatic nitrogens is 2. The summed E-state index contributed by atoms with van der Waals surface area (Å²) in [5.41, 5.74) is 2.39. The van der Waals surface area contributed by atoms with Crippen molar-refractivity contribution in [2.45, 2.75) is 26.4 Å². The number of benzene rings is 1. The SMILES string of the molecule is CCn1cc(C(C)Nc2ccc(Cl)c(C(=O)NC)c2)cn1. The largest absolute Gasteiger partial charge is 0.378 e. The molecular formula is C15H19ClN4O. The van der Waals surface area contributed by atoms with Crippen LogP contribution in [0.3, 0.4) is 0 Å². The molecule has 0 saturated carbocycles. The number of halogens is 1. The van der Waals surface area contributed by atoms with Crippen molar-refractivity contribution >= 4 is 23.2 Å². The van der Waals surface area contributed by atoms with E-state index in [1.807, 2.05) is 37.0 Å². The fraction of sp³-hybridized carbons (Fsp3) is 0.333. The Balaban J connectivity index is 2.17. The van der Waals surface area contributed by atoms with E-state index in [1.165, 1.54) is 0 Å². The number of hydrogen-bond acceptors (Lipinski definition) is 3. The number of rotatable bonds is 5. The molecule has 6 heteroatoms. The van der Waals surface area contributed by atoms with E-state index in [4.69, 9.17) is 11.6 Å². The minimum absolute atomic E-state index is 0.0870. The van der Waals surface area contributed by atoms with Crippen molar-refractivity contribution in [2.24, 2.45) is 0 Å². The van der Waals surface area contributed by atoms with E-state index in [0.717, 1.165) is 17.8 Å². The molecule has 2 rings (SSSR count). The summed E-state index contributed by atoms with van der Waals surface area (Å²) in [5, 5.41) is 10.6. The van der Waals surface area contributed by atoms with Crippen LogP contribution in [0.4, 0.5) is 5.69 Å². The lowest BCUT2D eigenvalue weighted by molar-refractivity contribution is 0.0963. The second kappa shape index (κ2) is 6.63. The lowest BCUT2D eigenvalue weighted by atomic mass is 10.1. The standard InChI is InChI=1S/C15H19ClN4O/c1-4-20-9-11(8-18-20)10(2)19-12-5-6-14(16)13(7-12)15(21)17-3/h5-10,19H,4H2,1-3H3,(H,17,21). The van der Waals surface area contributed by atoms with Gasteiger partial charge in [-0.1, -0.05) is 11.6 Å². The van der Waals surface area contributed by atoms with Gasteiger partial charge in [0, 0.05) is 31.0 Å².